The smallest absolute Gasteiger partial charge is 0.418 e. The van der Waals surface area contributed by atoms with Crippen molar-refractivity contribution < 1.29 is 26.5 Å². The zero-order valence-electron chi connectivity index (χ0n) is 14.0. The molecule has 1 saturated carbocycles. The molecule has 11 nitrogen and oxygen atoms in total. The van der Waals surface area contributed by atoms with Crippen molar-refractivity contribution in [3.63, 3.8) is 0 Å². The number of piperidine rings is 1. The summed E-state index contributed by atoms with van der Waals surface area (Å²) in [5, 5.41) is 8.83. The van der Waals surface area contributed by atoms with Crippen molar-refractivity contribution in [1.29, 1.82) is 0 Å². The molecule has 2 unspecified atom stereocenters. The highest BCUT2D eigenvalue weighted by Gasteiger charge is 2.49. The first-order valence-corrected chi connectivity index (χ1v) is 10.0. The van der Waals surface area contributed by atoms with Gasteiger partial charge in [0, 0.05) is 19.0 Å². The highest BCUT2D eigenvalue weighted by molar-refractivity contribution is 7.80. The van der Waals surface area contributed by atoms with E-state index in [0.717, 1.165) is 19.3 Å². The third-order valence-corrected chi connectivity index (χ3v) is 5.65. The van der Waals surface area contributed by atoms with Crippen LogP contribution in [0.3, 0.4) is 0 Å². The lowest BCUT2D eigenvalue weighted by Gasteiger charge is -2.32. The second-order valence-corrected chi connectivity index (χ2v) is 8.18. The topological polar surface area (TPSA) is 152 Å². The van der Waals surface area contributed by atoms with E-state index in [2.05, 4.69) is 14.5 Å². The van der Waals surface area contributed by atoms with E-state index in [1.807, 2.05) is 0 Å². The number of hydroxylamine groups is 2. The maximum Gasteiger partial charge on any atom is 0.418 e. The minimum Gasteiger partial charge on any atom is -0.423 e. The van der Waals surface area contributed by atoms with Crippen molar-refractivity contribution in [2.24, 2.45) is 11.7 Å². The number of amides is 2. The lowest BCUT2D eigenvalue weighted by Crippen LogP contribution is -2.36. The Labute approximate surface area is 150 Å². The molecule has 4 rings (SSSR count). The molecule has 1 aromatic heterocycles. The lowest BCUT2D eigenvalue weighted by atomic mass is 9.78. The van der Waals surface area contributed by atoms with Crippen LogP contribution >= 0.6 is 0 Å². The summed E-state index contributed by atoms with van der Waals surface area (Å²) in [6, 6.07) is -1.20. The molecule has 0 aromatic carbocycles. The molecular weight excluding hydrogens is 366 g/mol. The van der Waals surface area contributed by atoms with Crippen LogP contribution in [0.25, 0.3) is 0 Å². The van der Waals surface area contributed by atoms with Crippen molar-refractivity contribution in [2.45, 2.75) is 56.7 Å². The number of aromatic nitrogens is 2. The Bertz CT molecular complexity index is 792. The summed E-state index contributed by atoms with van der Waals surface area (Å²) >= 11 is 0. The van der Waals surface area contributed by atoms with Gasteiger partial charge in [-0.3, -0.25) is 4.55 Å². The van der Waals surface area contributed by atoms with E-state index in [1.54, 1.807) is 0 Å². The Kier molecular flexibility index (Phi) is 4.37. The van der Waals surface area contributed by atoms with E-state index in [4.69, 9.17) is 14.7 Å². The molecule has 2 saturated heterocycles. The average Bonchev–Trinajstić information content (AvgIpc) is 3.10. The molecule has 0 radical (unpaired) electrons. The summed E-state index contributed by atoms with van der Waals surface area (Å²) in [4.78, 5) is 13.8. The van der Waals surface area contributed by atoms with Gasteiger partial charge in [0.1, 0.15) is 6.04 Å². The molecule has 2 bridgehead atoms. The third-order valence-electron chi connectivity index (χ3n) is 5.30. The van der Waals surface area contributed by atoms with E-state index in [9.17, 15) is 13.2 Å². The summed E-state index contributed by atoms with van der Waals surface area (Å²) in [7, 11) is -4.76. The van der Waals surface area contributed by atoms with Crippen molar-refractivity contribution in [3.05, 3.63) is 11.8 Å². The normalized spacial score (nSPS) is 31.4. The second-order valence-electron chi connectivity index (χ2n) is 7.18. The fourth-order valence-corrected chi connectivity index (χ4v) is 4.33. The van der Waals surface area contributed by atoms with Gasteiger partial charge in [-0.05, 0) is 38.0 Å². The maximum atomic E-state index is 12.4. The first kappa shape index (κ1) is 17.6. The quantitative estimate of drug-likeness (QED) is 0.661. The Morgan fingerprint density at radius 3 is 2.77 bits per heavy atom. The van der Waals surface area contributed by atoms with Crippen LogP contribution in [0, 0.1) is 5.92 Å². The molecule has 2 atom stereocenters. The molecule has 2 aliphatic heterocycles. The Morgan fingerprint density at radius 1 is 1.31 bits per heavy atom. The number of hydrogen-bond donors (Lipinski definition) is 2. The molecule has 3 N–H and O–H groups in total. The number of rotatable bonds is 6. The fraction of sp³-hybridized carbons (Fsp3) is 0.786. The van der Waals surface area contributed by atoms with Gasteiger partial charge >= 0.3 is 16.4 Å². The predicted molar refractivity (Wildman–Crippen MR) is 85.7 cm³/mol. The van der Waals surface area contributed by atoms with E-state index in [-0.39, 0.29) is 6.54 Å². The molecule has 3 aliphatic rings. The van der Waals surface area contributed by atoms with Crippen LogP contribution in [0.2, 0.25) is 0 Å². The fourth-order valence-electron chi connectivity index (χ4n) is 3.94. The molecular formula is C14H21N5O6S. The van der Waals surface area contributed by atoms with Gasteiger partial charge in [-0.15, -0.1) is 14.5 Å². The summed E-state index contributed by atoms with van der Waals surface area (Å²) in [5.74, 6) is 1.47. The number of carbonyl (C=O) groups is 1. The van der Waals surface area contributed by atoms with E-state index in [1.165, 1.54) is 4.90 Å². The maximum absolute atomic E-state index is 12.4. The van der Waals surface area contributed by atoms with Crippen molar-refractivity contribution in [2.75, 3.05) is 6.54 Å². The number of nitrogens with zero attached hydrogens (tertiary/aromatic N) is 4. The van der Waals surface area contributed by atoms with Crippen LogP contribution < -0.4 is 5.73 Å². The SMILES string of the molecule is NC1CC(CCc2nnc(C3CCC4CN3C(=O)N4OS(=O)(=O)O)o2)C1. The third kappa shape index (κ3) is 3.41. The van der Waals surface area contributed by atoms with E-state index < -0.39 is 28.5 Å². The number of carbonyl (C=O) groups excluding carboxylic acids is 1. The summed E-state index contributed by atoms with van der Waals surface area (Å²) in [6.45, 7) is 0.274. The molecule has 3 heterocycles. The minimum atomic E-state index is -4.76. The van der Waals surface area contributed by atoms with Crippen molar-refractivity contribution in [1.82, 2.24) is 20.2 Å². The van der Waals surface area contributed by atoms with Crippen LogP contribution in [0.1, 0.15) is 49.9 Å². The molecule has 144 valence electrons. The zero-order chi connectivity index (χ0) is 18.5. The van der Waals surface area contributed by atoms with Gasteiger partial charge in [0.05, 0.1) is 6.04 Å². The van der Waals surface area contributed by atoms with E-state index in [0.29, 0.717) is 48.1 Å². The van der Waals surface area contributed by atoms with Gasteiger partial charge in [0.15, 0.2) is 0 Å². The van der Waals surface area contributed by atoms with E-state index >= 15 is 0 Å². The van der Waals surface area contributed by atoms with Crippen LogP contribution in [-0.4, -0.2) is 57.8 Å². The largest absolute Gasteiger partial charge is 0.423 e. The van der Waals surface area contributed by atoms with Crippen LogP contribution in [-0.2, 0) is 21.1 Å². The Morgan fingerprint density at radius 2 is 2.08 bits per heavy atom. The van der Waals surface area contributed by atoms with Crippen LogP contribution in [0.15, 0.2) is 4.42 Å². The summed E-state index contributed by atoms with van der Waals surface area (Å²) in [5.41, 5.74) is 5.78. The molecule has 0 spiro atoms. The van der Waals surface area contributed by atoms with Crippen molar-refractivity contribution in [3.8, 4) is 0 Å². The summed E-state index contributed by atoms with van der Waals surface area (Å²) in [6.07, 6.45) is 4.71. The van der Waals surface area contributed by atoms with Gasteiger partial charge < -0.3 is 15.1 Å². The molecule has 1 aliphatic carbocycles. The number of hydrogen-bond acceptors (Lipinski definition) is 8. The first-order chi connectivity index (χ1) is 12.3. The number of aryl methyl sites for hydroxylation is 1. The number of urea groups is 1. The zero-order valence-corrected chi connectivity index (χ0v) is 14.8. The van der Waals surface area contributed by atoms with Gasteiger partial charge in [-0.25, -0.2) is 4.79 Å². The highest BCUT2D eigenvalue weighted by Crippen LogP contribution is 2.38. The monoisotopic (exact) mass is 387 g/mol. The highest BCUT2D eigenvalue weighted by atomic mass is 32.3. The second kappa shape index (κ2) is 6.44. The van der Waals surface area contributed by atoms with Gasteiger partial charge in [0.2, 0.25) is 11.8 Å². The minimum absolute atomic E-state index is 0.274. The lowest BCUT2D eigenvalue weighted by molar-refractivity contribution is -0.0317. The number of fused-ring (bicyclic) bond motifs is 2. The van der Waals surface area contributed by atoms with Gasteiger partial charge in [0.25, 0.3) is 0 Å². The van der Waals surface area contributed by atoms with Crippen LogP contribution in [0.5, 0.6) is 0 Å². The van der Waals surface area contributed by atoms with Gasteiger partial charge in [-0.2, -0.15) is 13.5 Å². The summed E-state index contributed by atoms with van der Waals surface area (Å²) < 4.78 is 40.8. The molecule has 3 fully saturated rings. The first-order valence-electron chi connectivity index (χ1n) is 8.65. The average molecular weight is 387 g/mol. The Hall–Kier alpha value is -1.76. The molecule has 26 heavy (non-hydrogen) atoms. The van der Waals surface area contributed by atoms with Gasteiger partial charge in [-0.1, -0.05) is 0 Å². The van der Waals surface area contributed by atoms with Crippen LogP contribution in [0.4, 0.5) is 4.79 Å². The standard InChI is InChI=1S/C14H21N5O6S/c15-9-5-8(6-9)1-4-12-16-17-13(24-12)11-3-2-10-7-18(11)14(20)19(10)25-26(21,22)23/h8-11H,1-7,15H2,(H,21,22,23). The number of nitrogens with two attached hydrogens (primary N) is 1. The molecule has 1 aromatic rings. The Balaban J connectivity index is 1.40. The molecule has 12 heteroatoms. The molecule has 2 amide bonds. The van der Waals surface area contributed by atoms with Crippen molar-refractivity contribution >= 4 is 16.4 Å². The predicted octanol–water partition coefficient (Wildman–Crippen LogP) is 0.415.